The molecule has 0 saturated carbocycles. The summed E-state index contributed by atoms with van der Waals surface area (Å²) in [6, 6.07) is 0. The molecule has 0 heterocycles. The number of hydrogen-bond donors (Lipinski definition) is 1. The number of aliphatic carboxylic acids is 1. The van der Waals surface area contributed by atoms with Crippen LogP contribution in [0, 0.1) is 0 Å². The lowest BCUT2D eigenvalue weighted by molar-refractivity contribution is -0.149. The van der Waals surface area contributed by atoms with E-state index >= 15 is 0 Å². The molecule has 0 aromatic rings. The third-order valence-electron chi connectivity index (χ3n) is 1.42. The quantitative estimate of drug-likeness (QED) is 0.375. The van der Waals surface area contributed by atoms with Crippen molar-refractivity contribution in [2.75, 3.05) is 0 Å². The van der Waals surface area contributed by atoms with Crippen molar-refractivity contribution in [3.05, 3.63) is 12.2 Å². The van der Waals surface area contributed by atoms with Gasteiger partial charge in [-0.15, -0.1) is 0 Å². The van der Waals surface area contributed by atoms with E-state index in [1.165, 1.54) is 0 Å². The number of allylic oxidation sites excluding steroid dienone is 2. The van der Waals surface area contributed by atoms with Crippen LogP contribution in [0.15, 0.2) is 12.2 Å². The fraction of sp³-hybridized carbons (Fsp3) is 0.556. The third-order valence-corrected chi connectivity index (χ3v) is 1.42. The van der Waals surface area contributed by atoms with Gasteiger partial charge in [0.2, 0.25) is 5.78 Å². The summed E-state index contributed by atoms with van der Waals surface area (Å²) in [6.07, 6.45) is 6.51. The number of unbranched alkanes of at least 4 members (excludes halogenated alkanes) is 1. The van der Waals surface area contributed by atoms with Crippen molar-refractivity contribution in [1.29, 1.82) is 0 Å². The van der Waals surface area contributed by atoms with Gasteiger partial charge in [-0.2, -0.15) is 0 Å². The predicted molar refractivity (Wildman–Crippen MR) is 45.9 cm³/mol. The zero-order chi connectivity index (χ0) is 9.40. The minimum absolute atomic E-state index is 0.142. The van der Waals surface area contributed by atoms with E-state index in [-0.39, 0.29) is 6.42 Å². The highest BCUT2D eigenvalue weighted by Crippen LogP contribution is 1.98. The lowest BCUT2D eigenvalue weighted by Gasteiger charge is -1.91. The fourth-order valence-electron chi connectivity index (χ4n) is 0.772. The van der Waals surface area contributed by atoms with Gasteiger partial charge in [0.05, 0.1) is 0 Å². The maximum absolute atomic E-state index is 10.6. The van der Waals surface area contributed by atoms with Crippen molar-refractivity contribution in [2.45, 2.75) is 32.6 Å². The molecule has 0 bridgehead atoms. The van der Waals surface area contributed by atoms with E-state index in [9.17, 15) is 9.59 Å². The van der Waals surface area contributed by atoms with Crippen molar-refractivity contribution in [1.82, 2.24) is 0 Å². The van der Waals surface area contributed by atoms with E-state index in [1.807, 2.05) is 19.1 Å². The van der Waals surface area contributed by atoms with Gasteiger partial charge >= 0.3 is 5.97 Å². The number of carbonyl (C=O) groups is 2. The number of ketones is 1. The van der Waals surface area contributed by atoms with Gasteiger partial charge in [-0.05, 0) is 19.3 Å². The first-order chi connectivity index (χ1) is 5.68. The molecule has 0 aliphatic carbocycles. The molecule has 0 radical (unpaired) electrons. The molecule has 1 N–H and O–H groups in total. The summed E-state index contributed by atoms with van der Waals surface area (Å²) in [7, 11) is 0. The van der Waals surface area contributed by atoms with Gasteiger partial charge in [0, 0.05) is 6.42 Å². The molecule has 0 spiro atoms. The SMILES string of the molecule is CC/C=C/CCCC(=O)C(=O)O. The number of rotatable bonds is 6. The number of carbonyl (C=O) groups excluding carboxylic acids is 1. The summed E-state index contributed by atoms with van der Waals surface area (Å²) in [5.41, 5.74) is 0. The Morgan fingerprint density at radius 2 is 2.00 bits per heavy atom. The van der Waals surface area contributed by atoms with Gasteiger partial charge < -0.3 is 5.11 Å². The molecule has 3 heteroatoms. The number of carboxylic acid groups (broad SMARTS) is 1. The average Bonchev–Trinajstić information content (AvgIpc) is 2.03. The van der Waals surface area contributed by atoms with E-state index in [0.29, 0.717) is 6.42 Å². The number of Topliss-reactive ketones (excluding diaryl/α,β-unsaturated/α-hetero) is 1. The van der Waals surface area contributed by atoms with Crippen molar-refractivity contribution in [2.24, 2.45) is 0 Å². The zero-order valence-corrected chi connectivity index (χ0v) is 7.25. The lowest BCUT2D eigenvalue weighted by atomic mass is 10.1. The molecule has 0 rings (SSSR count). The Morgan fingerprint density at radius 3 is 2.50 bits per heavy atom. The van der Waals surface area contributed by atoms with E-state index in [1.54, 1.807) is 0 Å². The van der Waals surface area contributed by atoms with Crippen LogP contribution in [0.5, 0.6) is 0 Å². The van der Waals surface area contributed by atoms with Crippen LogP contribution < -0.4 is 0 Å². The van der Waals surface area contributed by atoms with Crippen LogP contribution in [0.2, 0.25) is 0 Å². The normalized spacial score (nSPS) is 10.4. The molecule has 0 aliphatic heterocycles. The largest absolute Gasteiger partial charge is 0.476 e. The standard InChI is InChI=1S/C9H14O3/c1-2-3-4-5-6-7-8(10)9(11)12/h3-4H,2,5-7H2,1H3,(H,11,12)/b4-3+. The second-order valence-electron chi connectivity index (χ2n) is 2.50. The van der Waals surface area contributed by atoms with E-state index in [0.717, 1.165) is 12.8 Å². The molecule has 0 aromatic heterocycles. The zero-order valence-electron chi connectivity index (χ0n) is 7.25. The van der Waals surface area contributed by atoms with Crippen molar-refractivity contribution in [3.63, 3.8) is 0 Å². The Kier molecular flexibility index (Phi) is 5.97. The second-order valence-corrected chi connectivity index (χ2v) is 2.50. The van der Waals surface area contributed by atoms with Crippen LogP contribution in [0.25, 0.3) is 0 Å². The molecular formula is C9H14O3. The number of carboxylic acids is 1. The molecule has 3 nitrogen and oxygen atoms in total. The van der Waals surface area contributed by atoms with Crippen molar-refractivity contribution >= 4 is 11.8 Å². The molecule has 0 aliphatic rings. The average molecular weight is 170 g/mol. The highest BCUT2D eigenvalue weighted by molar-refractivity contribution is 6.32. The van der Waals surface area contributed by atoms with E-state index < -0.39 is 11.8 Å². The molecule has 68 valence electrons. The summed E-state index contributed by atoms with van der Waals surface area (Å²) in [5.74, 6) is -2.02. The van der Waals surface area contributed by atoms with Crippen LogP contribution in [0.4, 0.5) is 0 Å². The van der Waals surface area contributed by atoms with Gasteiger partial charge in [0.1, 0.15) is 0 Å². The molecule has 0 fully saturated rings. The molecule has 0 saturated heterocycles. The molecule has 0 aromatic carbocycles. The Bertz CT molecular complexity index is 182. The molecule has 0 unspecified atom stereocenters. The topological polar surface area (TPSA) is 54.4 Å². The van der Waals surface area contributed by atoms with Gasteiger partial charge in [0.15, 0.2) is 0 Å². The van der Waals surface area contributed by atoms with Gasteiger partial charge in [-0.25, -0.2) is 4.79 Å². The Hall–Kier alpha value is -1.12. The molecular weight excluding hydrogens is 156 g/mol. The Balaban J connectivity index is 3.38. The third kappa shape index (κ3) is 5.65. The van der Waals surface area contributed by atoms with Gasteiger partial charge in [-0.1, -0.05) is 19.1 Å². The molecule has 0 atom stereocenters. The van der Waals surface area contributed by atoms with Crippen molar-refractivity contribution < 1.29 is 14.7 Å². The van der Waals surface area contributed by atoms with Gasteiger partial charge in [-0.3, -0.25) is 4.79 Å². The first-order valence-corrected chi connectivity index (χ1v) is 4.09. The first kappa shape index (κ1) is 10.9. The van der Waals surface area contributed by atoms with Gasteiger partial charge in [0.25, 0.3) is 0 Å². The van der Waals surface area contributed by atoms with E-state index in [4.69, 9.17) is 5.11 Å². The van der Waals surface area contributed by atoms with Crippen LogP contribution in [0.3, 0.4) is 0 Å². The van der Waals surface area contributed by atoms with Crippen LogP contribution in [0.1, 0.15) is 32.6 Å². The first-order valence-electron chi connectivity index (χ1n) is 4.09. The Labute approximate surface area is 72.1 Å². The summed E-state index contributed by atoms with van der Waals surface area (Å²) in [6.45, 7) is 2.03. The fourth-order valence-corrected chi connectivity index (χ4v) is 0.772. The minimum Gasteiger partial charge on any atom is -0.476 e. The summed E-state index contributed by atoms with van der Waals surface area (Å²) >= 11 is 0. The smallest absolute Gasteiger partial charge is 0.372 e. The predicted octanol–water partition coefficient (Wildman–Crippen LogP) is 1.78. The second kappa shape index (κ2) is 6.58. The monoisotopic (exact) mass is 170 g/mol. The molecule has 12 heavy (non-hydrogen) atoms. The summed E-state index contributed by atoms with van der Waals surface area (Å²) in [4.78, 5) is 20.6. The minimum atomic E-state index is -1.32. The van der Waals surface area contributed by atoms with Crippen LogP contribution in [-0.4, -0.2) is 16.9 Å². The highest BCUT2D eigenvalue weighted by atomic mass is 16.4. The lowest BCUT2D eigenvalue weighted by Crippen LogP contribution is -2.11. The van der Waals surface area contributed by atoms with E-state index in [2.05, 4.69) is 0 Å². The summed E-state index contributed by atoms with van der Waals surface area (Å²) in [5, 5.41) is 8.22. The maximum Gasteiger partial charge on any atom is 0.372 e. The number of hydrogen-bond acceptors (Lipinski definition) is 2. The maximum atomic E-state index is 10.6. The highest BCUT2D eigenvalue weighted by Gasteiger charge is 2.08. The Morgan fingerprint density at radius 1 is 1.33 bits per heavy atom. The summed E-state index contributed by atoms with van der Waals surface area (Å²) < 4.78 is 0. The molecule has 0 amide bonds. The van der Waals surface area contributed by atoms with Crippen LogP contribution >= 0.6 is 0 Å². The van der Waals surface area contributed by atoms with Crippen LogP contribution in [-0.2, 0) is 9.59 Å². The van der Waals surface area contributed by atoms with Crippen molar-refractivity contribution in [3.8, 4) is 0 Å².